The number of hydrogen-bond acceptors (Lipinski definition) is 3. The number of rotatable bonds is 8. The van der Waals surface area contributed by atoms with E-state index in [-0.39, 0.29) is 0 Å². The van der Waals surface area contributed by atoms with Gasteiger partial charge in [0.2, 0.25) is 0 Å². The second-order valence-electron chi connectivity index (χ2n) is 5.46. The van der Waals surface area contributed by atoms with Crippen molar-refractivity contribution in [2.45, 2.75) is 25.7 Å². The quantitative estimate of drug-likeness (QED) is 0.760. The topological polar surface area (TPSA) is 55.8 Å². The molecular formula is C19H21ClO4. The van der Waals surface area contributed by atoms with Crippen LogP contribution in [-0.4, -0.2) is 24.8 Å². The molecule has 0 aliphatic rings. The van der Waals surface area contributed by atoms with Crippen molar-refractivity contribution in [3.05, 3.63) is 58.6 Å². The maximum atomic E-state index is 11.7. The smallest absolute Gasteiger partial charge is 0.311 e. The van der Waals surface area contributed by atoms with Gasteiger partial charge in [0, 0.05) is 0 Å². The lowest BCUT2D eigenvalue weighted by Gasteiger charge is -2.16. The first-order chi connectivity index (χ1) is 11.6. The van der Waals surface area contributed by atoms with Crippen molar-refractivity contribution in [1.82, 2.24) is 0 Å². The molecule has 5 heteroatoms. The van der Waals surface area contributed by atoms with Gasteiger partial charge in [-0.1, -0.05) is 48.9 Å². The van der Waals surface area contributed by atoms with Crippen LogP contribution in [0.25, 0.3) is 0 Å². The van der Waals surface area contributed by atoms with Crippen LogP contribution >= 0.6 is 11.6 Å². The summed E-state index contributed by atoms with van der Waals surface area (Å²) >= 11 is 6.31. The Bertz CT molecular complexity index is 685. The molecule has 1 unspecified atom stereocenters. The van der Waals surface area contributed by atoms with E-state index in [1.165, 1.54) is 0 Å². The van der Waals surface area contributed by atoms with E-state index < -0.39 is 11.9 Å². The van der Waals surface area contributed by atoms with Gasteiger partial charge in [-0.05, 0) is 36.1 Å². The molecule has 0 aliphatic carbocycles. The molecule has 0 heterocycles. The van der Waals surface area contributed by atoms with Gasteiger partial charge in [-0.3, -0.25) is 4.79 Å². The Morgan fingerprint density at radius 3 is 2.54 bits per heavy atom. The first kappa shape index (κ1) is 18.1. The molecule has 0 spiro atoms. The highest BCUT2D eigenvalue weighted by Crippen LogP contribution is 2.37. The van der Waals surface area contributed by atoms with Crippen molar-refractivity contribution in [3.63, 3.8) is 0 Å². The van der Waals surface area contributed by atoms with Crippen LogP contribution < -0.4 is 9.47 Å². The van der Waals surface area contributed by atoms with Crippen LogP contribution in [-0.2, 0) is 11.2 Å². The third-order valence-electron chi connectivity index (χ3n) is 3.68. The average Bonchev–Trinajstić information content (AvgIpc) is 2.58. The highest BCUT2D eigenvalue weighted by atomic mass is 35.5. The molecule has 0 radical (unpaired) electrons. The summed E-state index contributed by atoms with van der Waals surface area (Å²) in [7, 11) is 1.54. The fourth-order valence-electron chi connectivity index (χ4n) is 2.50. The lowest BCUT2D eigenvalue weighted by Crippen LogP contribution is -2.14. The lowest BCUT2D eigenvalue weighted by molar-refractivity contribution is -0.138. The number of ether oxygens (including phenoxy) is 2. The van der Waals surface area contributed by atoms with Gasteiger partial charge in [0.15, 0.2) is 11.5 Å². The maximum absolute atomic E-state index is 11.7. The lowest BCUT2D eigenvalue weighted by atomic mass is 9.92. The Balaban J connectivity index is 2.31. The van der Waals surface area contributed by atoms with Gasteiger partial charge in [-0.25, -0.2) is 0 Å². The summed E-state index contributed by atoms with van der Waals surface area (Å²) in [6.45, 7) is 2.54. The van der Waals surface area contributed by atoms with E-state index in [1.807, 2.05) is 37.3 Å². The first-order valence-corrected chi connectivity index (χ1v) is 8.21. The Morgan fingerprint density at radius 1 is 1.25 bits per heavy atom. The Labute approximate surface area is 147 Å². The SMILES string of the molecule is CCCOc1c(Cl)cc(CC(C(=O)O)c2ccccc2)cc1OC. The summed E-state index contributed by atoms with van der Waals surface area (Å²) in [5.74, 6) is -0.503. The van der Waals surface area contributed by atoms with Crippen molar-refractivity contribution < 1.29 is 19.4 Å². The zero-order valence-corrected chi connectivity index (χ0v) is 14.5. The van der Waals surface area contributed by atoms with Crippen LogP contribution in [0.5, 0.6) is 11.5 Å². The first-order valence-electron chi connectivity index (χ1n) is 7.83. The Kier molecular flexibility index (Phi) is 6.50. The predicted octanol–water partition coefficient (Wildman–Crippen LogP) is 4.55. The molecule has 0 saturated heterocycles. The average molecular weight is 349 g/mol. The van der Waals surface area contributed by atoms with Crippen LogP contribution in [0.15, 0.2) is 42.5 Å². The van der Waals surface area contributed by atoms with Gasteiger partial charge in [0.1, 0.15) is 0 Å². The summed E-state index contributed by atoms with van der Waals surface area (Å²) in [4.78, 5) is 11.7. The molecule has 1 N–H and O–H groups in total. The number of carbonyl (C=O) groups is 1. The maximum Gasteiger partial charge on any atom is 0.311 e. The second kappa shape index (κ2) is 8.60. The van der Waals surface area contributed by atoms with Crippen molar-refractivity contribution in [1.29, 1.82) is 0 Å². The van der Waals surface area contributed by atoms with Gasteiger partial charge in [0.25, 0.3) is 0 Å². The molecule has 4 nitrogen and oxygen atoms in total. The number of methoxy groups -OCH3 is 1. The molecule has 0 saturated carbocycles. The van der Waals surface area contributed by atoms with E-state index >= 15 is 0 Å². The number of halogens is 1. The summed E-state index contributed by atoms with van der Waals surface area (Å²) in [5, 5.41) is 9.99. The molecule has 2 aromatic carbocycles. The highest BCUT2D eigenvalue weighted by molar-refractivity contribution is 6.32. The van der Waals surface area contributed by atoms with Gasteiger partial charge in [-0.15, -0.1) is 0 Å². The monoisotopic (exact) mass is 348 g/mol. The van der Waals surface area contributed by atoms with Crippen molar-refractivity contribution >= 4 is 17.6 Å². The summed E-state index contributed by atoms with van der Waals surface area (Å²) in [6, 6.07) is 12.7. The van der Waals surface area contributed by atoms with E-state index in [2.05, 4.69) is 0 Å². The summed E-state index contributed by atoms with van der Waals surface area (Å²) in [5.41, 5.74) is 1.54. The Hall–Kier alpha value is -2.20. The minimum Gasteiger partial charge on any atom is -0.493 e. The third-order valence-corrected chi connectivity index (χ3v) is 3.96. The second-order valence-corrected chi connectivity index (χ2v) is 5.87. The minimum atomic E-state index is -0.873. The normalized spacial score (nSPS) is 11.8. The van der Waals surface area contributed by atoms with E-state index in [0.29, 0.717) is 29.5 Å². The minimum absolute atomic E-state index is 0.323. The van der Waals surface area contributed by atoms with Gasteiger partial charge >= 0.3 is 5.97 Å². The summed E-state index contributed by atoms with van der Waals surface area (Å²) in [6.07, 6.45) is 1.18. The van der Waals surface area contributed by atoms with Crippen LogP contribution in [0.1, 0.15) is 30.4 Å². The molecule has 0 aromatic heterocycles. The van der Waals surface area contributed by atoms with Crippen LogP contribution in [0.4, 0.5) is 0 Å². The Morgan fingerprint density at radius 2 is 1.96 bits per heavy atom. The number of hydrogen-bond donors (Lipinski definition) is 1. The van der Waals surface area contributed by atoms with Crippen molar-refractivity contribution in [3.8, 4) is 11.5 Å². The standard InChI is InChI=1S/C19H21ClO4/c1-3-9-24-18-16(20)11-13(12-17(18)23-2)10-15(19(21)22)14-7-5-4-6-8-14/h4-8,11-12,15H,3,9-10H2,1-2H3,(H,21,22). The number of benzene rings is 2. The fourth-order valence-corrected chi connectivity index (χ4v) is 2.79. The third kappa shape index (κ3) is 4.42. The van der Waals surface area contributed by atoms with E-state index in [9.17, 15) is 9.90 Å². The zero-order valence-electron chi connectivity index (χ0n) is 13.8. The molecule has 0 fully saturated rings. The largest absolute Gasteiger partial charge is 0.493 e. The molecule has 1 atom stereocenters. The van der Waals surface area contributed by atoms with E-state index in [4.69, 9.17) is 21.1 Å². The fraction of sp³-hybridized carbons (Fsp3) is 0.316. The van der Waals surface area contributed by atoms with E-state index in [1.54, 1.807) is 19.2 Å². The van der Waals surface area contributed by atoms with Gasteiger partial charge in [-0.2, -0.15) is 0 Å². The number of carboxylic acids is 1. The van der Waals surface area contributed by atoms with Gasteiger partial charge in [0.05, 0.1) is 24.7 Å². The van der Waals surface area contributed by atoms with Crippen LogP contribution in [0.2, 0.25) is 5.02 Å². The number of aliphatic carboxylic acids is 1. The highest BCUT2D eigenvalue weighted by Gasteiger charge is 2.22. The molecule has 2 rings (SSSR count). The zero-order chi connectivity index (χ0) is 17.5. The van der Waals surface area contributed by atoms with Gasteiger partial charge < -0.3 is 14.6 Å². The van der Waals surface area contributed by atoms with Crippen molar-refractivity contribution in [2.75, 3.05) is 13.7 Å². The molecule has 128 valence electrons. The van der Waals surface area contributed by atoms with Crippen LogP contribution in [0.3, 0.4) is 0 Å². The summed E-state index contributed by atoms with van der Waals surface area (Å²) < 4.78 is 11.0. The molecular weight excluding hydrogens is 328 g/mol. The molecule has 0 amide bonds. The molecule has 24 heavy (non-hydrogen) atoms. The molecule has 0 bridgehead atoms. The molecule has 0 aliphatic heterocycles. The van der Waals surface area contributed by atoms with Crippen molar-refractivity contribution in [2.24, 2.45) is 0 Å². The predicted molar refractivity (Wildman–Crippen MR) is 94.3 cm³/mol. The van der Waals surface area contributed by atoms with Crippen LogP contribution in [0, 0.1) is 0 Å². The number of carboxylic acid groups (broad SMARTS) is 1. The van der Waals surface area contributed by atoms with E-state index in [0.717, 1.165) is 17.5 Å². The molecule has 2 aromatic rings.